The summed E-state index contributed by atoms with van der Waals surface area (Å²) in [7, 11) is 1.61. The molecule has 2 N–H and O–H groups in total. The Bertz CT molecular complexity index is 694. The predicted octanol–water partition coefficient (Wildman–Crippen LogP) is 3.77. The summed E-state index contributed by atoms with van der Waals surface area (Å²) in [6.45, 7) is 5.36. The van der Waals surface area contributed by atoms with Crippen LogP contribution in [0.1, 0.15) is 41.4 Å². The molecule has 0 atom stereocenters. The van der Waals surface area contributed by atoms with Gasteiger partial charge in [0.05, 0.1) is 26.0 Å². The molecule has 0 fully saturated rings. The lowest BCUT2D eigenvalue weighted by atomic mass is 9.79. The maximum atomic E-state index is 9.40. The van der Waals surface area contributed by atoms with E-state index in [1.54, 1.807) is 7.11 Å². The minimum atomic E-state index is -0.0284. The highest BCUT2D eigenvalue weighted by atomic mass is 32.1. The van der Waals surface area contributed by atoms with Crippen molar-refractivity contribution in [2.75, 3.05) is 12.4 Å². The average Bonchev–Trinajstić information content (AvgIpc) is 2.93. The summed E-state index contributed by atoms with van der Waals surface area (Å²) in [5, 5.41) is 13.9. The van der Waals surface area contributed by atoms with Crippen LogP contribution in [0.4, 0.5) is 5.69 Å². The van der Waals surface area contributed by atoms with Crippen molar-refractivity contribution in [2.24, 2.45) is 5.41 Å². The molecule has 5 heteroatoms. The largest absolute Gasteiger partial charge is 0.496 e. The van der Waals surface area contributed by atoms with Crippen molar-refractivity contribution in [3.8, 4) is 5.75 Å². The molecule has 0 saturated heterocycles. The fourth-order valence-electron chi connectivity index (χ4n) is 3.02. The molecule has 1 aromatic carbocycles. The van der Waals surface area contributed by atoms with Crippen molar-refractivity contribution < 1.29 is 9.84 Å². The van der Waals surface area contributed by atoms with Gasteiger partial charge in [0, 0.05) is 16.1 Å². The number of thiazole rings is 1. The van der Waals surface area contributed by atoms with Crippen molar-refractivity contribution in [1.29, 1.82) is 0 Å². The summed E-state index contributed by atoms with van der Waals surface area (Å²) >= 11 is 1.83. The third-order valence-corrected chi connectivity index (χ3v) is 5.49. The van der Waals surface area contributed by atoms with Crippen molar-refractivity contribution in [3.05, 3.63) is 39.3 Å². The first-order valence-corrected chi connectivity index (χ1v) is 8.81. The van der Waals surface area contributed by atoms with Crippen LogP contribution in [0.2, 0.25) is 0 Å². The zero-order valence-corrected chi connectivity index (χ0v) is 14.8. The molecule has 3 rings (SSSR count). The van der Waals surface area contributed by atoms with Gasteiger partial charge in [0.2, 0.25) is 0 Å². The third-order valence-electron chi connectivity index (χ3n) is 4.39. The van der Waals surface area contributed by atoms with Crippen molar-refractivity contribution in [1.82, 2.24) is 4.98 Å². The van der Waals surface area contributed by atoms with Crippen LogP contribution in [0.15, 0.2) is 18.2 Å². The monoisotopic (exact) mass is 332 g/mol. The number of benzene rings is 1. The molecule has 0 unspecified atom stereocenters. The fraction of sp³-hybridized carbons (Fsp3) is 0.500. The van der Waals surface area contributed by atoms with E-state index in [1.165, 1.54) is 17.0 Å². The molecule has 0 aliphatic heterocycles. The summed E-state index contributed by atoms with van der Waals surface area (Å²) in [4.78, 5) is 6.24. The SMILES string of the molecule is COc1ccc(NCc2nc3c(s2)CC(C)(C)CC3)cc1CO. The molecule has 1 aliphatic rings. The Balaban J connectivity index is 1.69. The Morgan fingerprint density at radius 3 is 2.96 bits per heavy atom. The predicted molar refractivity (Wildman–Crippen MR) is 94.2 cm³/mol. The number of hydrogen-bond donors (Lipinski definition) is 2. The molecule has 0 amide bonds. The van der Waals surface area contributed by atoms with E-state index in [0.29, 0.717) is 11.2 Å². The van der Waals surface area contributed by atoms with Gasteiger partial charge in [-0.05, 0) is 42.9 Å². The first-order chi connectivity index (χ1) is 11.0. The Labute approximate surface area is 141 Å². The minimum Gasteiger partial charge on any atom is -0.496 e. The Kier molecular flexibility index (Phi) is 4.60. The zero-order valence-electron chi connectivity index (χ0n) is 14.0. The van der Waals surface area contributed by atoms with Crippen molar-refractivity contribution in [2.45, 2.75) is 46.3 Å². The second kappa shape index (κ2) is 6.49. The molecule has 0 saturated carbocycles. The number of anilines is 1. The van der Waals surface area contributed by atoms with Crippen molar-refractivity contribution in [3.63, 3.8) is 0 Å². The molecule has 1 aliphatic carbocycles. The number of aliphatic hydroxyl groups excluding tert-OH is 1. The van der Waals surface area contributed by atoms with E-state index in [0.717, 1.165) is 35.6 Å². The smallest absolute Gasteiger partial charge is 0.124 e. The number of hydrogen-bond acceptors (Lipinski definition) is 5. The summed E-state index contributed by atoms with van der Waals surface area (Å²) in [6.07, 6.45) is 3.45. The third kappa shape index (κ3) is 3.67. The van der Waals surface area contributed by atoms with E-state index in [2.05, 4.69) is 19.2 Å². The molecular weight excluding hydrogens is 308 g/mol. The van der Waals surface area contributed by atoms with Gasteiger partial charge in [0.1, 0.15) is 10.8 Å². The number of aliphatic hydroxyl groups is 1. The van der Waals surface area contributed by atoms with Gasteiger partial charge in [-0.3, -0.25) is 0 Å². The summed E-state index contributed by atoms with van der Waals surface area (Å²) < 4.78 is 5.23. The molecule has 1 heterocycles. The van der Waals surface area contributed by atoms with Gasteiger partial charge in [-0.1, -0.05) is 13.8 Å². The van der Waals surface area contributed by atoms with Gasteiger partial charge >= 0.3 is 0 Å². The van der Waals surface area contributed by atoms with Gasteiger partial charge in [-0.2, -0.15) is 0 Å². The van der Waals surface area contributed by atoms with E-state index in [-0.39, 0.29) is 6.61 Å². The topological polar surface area (TPSA) is 54.4 Å². The summed E-state index contributed by atoms with van der Waals surface area (Å²) in [5.74, 6) is 0.713. The van der Waals surface area contributed by atoms with E-state index in [1.807, 2.05) is 29.5 Å². The lowest BCUT2D eigenvalue weighted by Crippen LogP contribution is -2.20. The second-order valence-corrected chi connectivity index (χ2v) is 8.02. The van der Waals surface area contributed by atoms with E-state index >= 15 is 0 Å². The number of nitrogens with one attached hydrogen (secondary N) is 1. The molecule has 23 heavy (non-hydrogen) atoms. The molecule has 1 aromatic heterocycles. The molecule has 2 aromatic rings. The van der Waals surface area contributed by atoms with Gasteiger partial charge in [0.25, 0.3) is 0 Å². The fourth-order valence-corrected chi connectivity index (χ4v) is 4.33. The minimum absolute atomic E-state index is 0.0284. The molecular formula is C18H24N2O2S. The second-order valence-electron chi connectivity index (χ2n) is 6.86. The number of aryl methyl sites for hydroxylation is 1. The van der Waals surface area contributed by atoms with Gasteiger partial charge < -0.3 is 15.2 Å². The number of methoxy groups -OCH3 is 1. The highest BCUT2D eigenvalue weighted by Gasteiger charge is 2.27. The number of nitrogens with zero attached hydrogens (tertiary/aromatic N) is 1. The van der Waals surface area contributed by atoms with Crippen LogP contribution < -0.4 is 10.1 Å². The van der Waals surface area contributed by atoms with Crippen LogP contribution in [0.5, 0.6) is 5.75 Å². The van der Waals surface area contributed by atoms with Gasteiger partial charge in [-0.25, -0.2) is 4.98 Å². The van der Waals surface area contributed by atoms with Crippen molar-refractivity contribution >= 4 is 17.0 Å². The number of fused-ring (bicyclic) bond motifs is 1. The zero-order chi connectivity index (χ0) is 16.4. The quantitative estimate of drug-likeness (QED) is 0.875. The number of rotatable bonds is 5. The van der Waals surface area contributed by atoms with Crippen LogP contribution >= 0.6 is 11.3 Å². The molecule has 124 valence electrons. The Morgan fingerprint density at radius 2 is 2.22 bits per heavy atom. The summed E-state index contributed by atoms with van der Waals surface area (Å²) in [5.41, 5.74) is 3.45. The van der Waals surface area contributed by atoms with Gasteiger partial charge in [-0.15, -0.1) is 11.3 Å². The maximum Gasteiger partial charge on any atom is 0.124 e. The van der Waals surface area contributed by atoms with Crippen LogP contribution in [0, 0.1) is 5.41 Å². The standard InChI is InChI=1S/C18H24N2O2S/c1-18(2)7-6-14-16(9-18)23-17(20-14)10-19-13-4-5-15(22-3)12(8-13)11-21/h4-5,8,19,21H,6-7,9-11H2,1-3H3. The number of aromatic nitrogens is 1. The molecule has 0 bridgehead atoms. The highest BCUT2D eigenvalue weighted by Crippen LogP contribution is 2.37. The summed E-state index contributed by atoms with van der Waals surface area (Å²) in [6, 6.07) is 5.77. The first kappa shape index (κ1) is 16.3. The van der Waals surface area contributed by atoms with E-state index < -0.39 is 0 Å². The van der Waals surface area contributed by atoms with Crippen LogP contribution in [0.25, 0.3) is 0 Å². The first-order valence-electron chi connectivity index (χ1n) is 8.00. The van der Waals surface area contributed by atoms with Crippen LogP contribution in [0.3, 0.4) is 0 Å². The molecule has 4 nitrogen and oxygen atoms in total. The van der Waals surface area contributed by atoms with E-state index in [9.17, 15) is 5.11 Å². The number of ether oxygens (including phenoxy) is 1. The highest BCUT2D eigenvalue weighted by molar-refractivity contribution is 7.11. The molecule has 0 radical (unpaired) electrons. The normalized spacial score (nSPS) is 16.0. The maximum absolute atomic E-state index is 9.40. The van der Waals surface area contributed by atoms with Gasteiger partial charge in [0.15, 0.2) is 0 Å². The van der Waals surface area contributed by atoms with Crippen LogP contribution in [-0.2, 0) is 26.0 Å². The lowest BCUT2D eigenvalue weighted by Gasteiger charge is -2.28. The lowest BCUT2D eigenvalue weighted by molar-refractivity contribution is 0.274. The van der Waals surface area contributed by atoms with Crippen LogP contribution in [-0.4, -0.2) is 17.2 Å². The Morgan fingerprint density at radius 1 is 1.39 bits per heavy atom. The average molecular weight is 332 g/mol. The van der Waals surface area contributed by atoms with E-state index in [4.69, 9.17) is 9.72 Å². The Hall–Kier alpha value is -1.59. The molecule has 0 spiro atoms.